The van der Waals surface area contributed by atoms with E-state index < -0.39 is 10.0 Å². The molecule has 0 aliphatic heterocycles. The first kappa shape index (κ1) is 13.8. The fourth-order valence-electron chi connectivity index (χ4n) is 1.06. The topological polar surface area (TPSA) is 72.2 Å². The molecule has 0 aromatic heterocycles. The largest absolute Gasteiger partial charge is 0.330 e. The van der Waals surface area contributed by atoms with Crippen LogP contribution in [0.1, 0.15) is 6.42 Å². The molecule has 0 saturated carbocycles. The Bertz CT molecular complexity index is 465. The lowest BCUT2D eigenvalue weighted by Gasteiger charge is -2.08. The molecule has 1 rings (SSSR count). The van der Waals surface area contributed by atoms with E-state index in [9.17, 15) is 8.42 Å². The van der Waals surface area contributed by atoms with Gasteiger partial charge in [-0.1, -0.05) is 11.6 Å². The normalized spacial score (nSPS) is 11.4. The van der Waals surface area contributed by atoms with Crippen molar-refractivity contribution >= 4 is 43.2 Å². The Morgan fingerprint density at radius 3 is 2.69 bits per heavy atom. The number of nitrogens with two attached hydrogens (primary N) is 1. The first-order valence-corrected chi connectivity index (χ1v) is 7.42. The highest BCUT2D eigenvalue weighted by Crippen LogP contribution is 2.26. The number of hydrogen-bond donors (Lipinski definition) is 2. The first-order valence-electron chi connectivity index (χ1n) is 4.60. The van der Waals surface area contributed by atoms with Gasteiger partial charge in [0.05, 0.1) is 10.8 Å². The van der Waals surface area contributed by atoms with Gasteiger partial charge in [0.1, 0.15) is 0 Å². The minimum atomic E-state index is -3.32. The van der Waals surface area contributed by atoms with E-state index >= 15 is 0 Å². The lowest BCUT2D eigenvalue weighted by molar-refractivity contribution is 0.599. The molecule has 0 heterocycles. The van der Waals surface area contributed by atoms with E-state index in [0.717, 1.165) is 0 Å². The van der Waals surface area contributed by atoms with Crippen molar-refractivity contribution < 1.29 is 8.42 Å². The van der Waals surface area contributed by atoms with Crippen LogP contribution in [0.4, 0.5) is 5.69 Å². The maximum Gasteiger partial charge on any atom is 0.232 e. The van der Waals surface area contributed by atoms with E-state index in [1.165, 1.54) is 0 Å². The second-order valence-corrected chi connectivity index (χ2v) is 6.30. The third-order valence-electron chi connectivity index (χ3n) is 1.81. The molecule has 0 aliphatic rings. The predicted octanol–water partition coefficient (Wildman–Crippen LogP) is 2.19. The maximum atomic E-state index is 11.5. The summed E-state index contributed by atoms with van der Waals surface area (Å²) >= 11 is 9.01. The molecule has 1 aromatic carbocycles. The molecule has 0 saturated heterocycles. The van der Waals surface area contributed by atoms with Crippen molar-refractivity contribution in [3.05, 3.63) is 27.7 Å². The number of hydrogen-bond acceptors (Lipinski definition) is 3. The van der Waals surface area contributed by atoms with Crippen molar-refractivity contribution in [2.24, 2.45) is 5.73 Å². The van der Waals surface area contributed by atoms with Crippen LogP contribution in [0, 0.1) is 0 Å². The van der Waals surface area contributed by atoms with Gasteiger partial charge < -0.3 is 5.73 Å². The Kier molecular flexibility index (Phi) is 5.04. The summed E-state index contributed by atoms with van der Waals surface area (Å²) in [6, 6.07) is 4.84. The molecule has 0 fully saturated rings. The third-order valence-corrected chi connectivity index (χ3v) is 4.40. The summed E-state index contributed by atoms with van der Waals surface area (Å²) in [5, 5.41) is 0.532. The van der Waals surface area contributed by atoms with Gasteiger partial charge in [0.15, 0.2) is 0 Å². The molecular weight excluding hydrogens is 316 g/mol. The highest BCUT2D eigenvalue weighted by atomic mass is 79.9. The minimum Gasteiger partial charge on any atom is -0.330 e. The lowest BCUT2D eigenvalue weighted by Crippen LogP contribution is -2.18. The van der Waals surface area contributed by atoms with Crippen LogP contribution < -0.4 is 10.5 Å². The number of anilines is 1. The van der Waals surface area contributed by atoms with Crippen LogP contribution in [0.3, 0.4) is 0 Å². The first-order chi connectivity index (χ1) is 7.44. The van der Waals surface area contributed by atoms with E-state index in [2.05, 4.69) is 20.7 Å². The van der Waals surface area contributed by atoms with Gasteiger partial charge in [0.25, 0.3) is 0 Å². The smallest absolute Gasteiger partial charge is 0.232 e. The van der Waals surface area contributed by atoms with E-state index in [4.69, 9.17) is 17.3 Å². The molecule has 0 aliphatic carbocycles. The molecular formula is C9H12BrClN2O2S. The molecule has 90 valence electrons. The summed E-state index contributed by atoms with van der Waals surface area (Å²) < 4.78 is 26.2. The van der Waals surface area contributed by atoms with Gasteiger partial charge in [-0.2, -0.15) is 0 Å². The van der Waals surface area contributed by atoms with Crippen LogP contribution in [0.25, 0.3) is 0 Å². The second kappa shape index (κ2) is 5.86. The quantitative estimate of drug-likeness (QED) is 0.871. The van der Waals surface area contributed by atoms with Gasteiger partial charge in [0, 0.05) is 10.2 Å². The van der Waals surface area contributed by atoms with Gasteiger partial charge in [-0.3, -0.25) is 4.72 Å². The number of rotatable bonds is 5. The van der Waals surface area contributed by atoms with Gasteiger partial charge in [-0.25, -0.2) is 8.42 Å². The summed E-state index contributed by atoms with van der Waals surface area (Å²) in [6.45, 7) is 0.352. The monoisotopic (exact) mass is 326 g/mol. The summed E-state index contributed by atoms with van der Waals surface area (Å²) in [5.41, 5.74) is 5.74. The van der Waals surface area contributed by atoms with Crippen LogP contribution in [0.5, 0.6) is 0 Å². The van der Waals surface area contributed by atoms with Crippen LogP contribution in [-0.4, -0.2) is 20.7 Å². The maximum absolute atomic E-state index is 11.5. The standard InChI is InChI=1S/C9H12BrClN2O2S/c10-8-6-7(2-3-9(8)11)13-16(14,15)5-1-4-12/h2-3,6,13H,1,4-5,12H2. The van der Waals surface area contributed by atoms with Crippen molar-refractivity contribution in [3.8, 4) is 0 Å². The fraction of sp³-hybridized carbons (Fsp3) is 0.333. The average molecular weight is 328 g/mol. The van der Waals surface area contributed by atoms with E-state index in [0.29, 0.717) is 28.1 Å². The van der Waals surface area contributed by atoms with Crippen molar-refractivity contribution in [2.45, 2.75) is 6.42 Å². The zero-order valence-electron chi connectivity index (χ0n) is 8.41. The third kappa shape index (κ3) is 4.29. The molecule has 0 spiro atoms. The van der Waals surface area contributed by atoms with Crippen LogP contribution in [0.2, 0.25) is 5.02 Å². The number of halogens is 2. The number of benzene rings is 1. The molecule has 7 heteroatoms. The Hall–Kier alpha value is -0.300. The Morgan fingerprint density at radius 2 is 2.12 bits per heavy atom. The predicted molar refractivity (Wildman–Crippen MR) is 70.2 cm³/mol. The SMILES string of the molecule is NCCCS(=O)(=O)Nc1ccc(Cl)c(Br)c1. The van der Waals surface area contributed by atoms with E-state index in [1.807, 2.05) is 0 Å². The van der Waals surface area contributed by atoms with Crippen LogP contribution in [-0.2, 0) is 10.0 Å². The van der Waals surface area contributed by atoms with Crippen molar-refractivity contribution in [1.29, 1.82) is 0 Å². The average Bonchev–Trinajstić information content (AvgIpc) is 2.20. The summed E-state index contributed by atoms with van der Waals surface area (Å²) in [5.74, 6) is 0.0176. The summed E-state index contributed by atoms with van der Waals surface area (Å²) in [6.07, 6.45) is 0.435. The zero-order chi connectivity index (χ0) is 12.2. The van der Waals surface area contributed by atoms with Gasteiger partial charge in [-0.05, 0) is 47.1 Å². The highest BCUT2D eigenvalue weighted by Gasteiger charge is 2.10. The Morgan fingerprint density at radius 1 is 1.44 bits per heavy atom. The Labute approximate surface area is 108 Å². The summed E-state index contributed by atoms with van der Waals surface area (Å²) in [7, 11) is -3.32. The van der Waals surface area contributed by atoms with Crippen LogP contribution in [0.15, 0.2) is 22.7 Å². The molecule has 0 radical (unpaired) electrons. The molecule has 0 bridgehead atoms. The molecule has 3 N–H and O–H groups in total. The van der Waals surface area contributed by atoms with E-state index in [1.54, 1.807) is 18.2 Å². The van der Waals surface area contributed by atoms with Crippen LogP contribution >= 0.6 is 27.5 Å². The van der Waals surface area contributed by atoms with Crippen molar-refractivity contribution in [3.63, 3.8) is 0 Å². The fourth-order valence-corrected chi connectivity index (χ4v) is 2.69. The molecule has 16 heavy (non-hydrogen) atoms. The summed E-state index contributed by atoms with van der Waals surface area (Å²) in [4.78, 5) is 0. The van der Waals surface area contributed by atoms with Crippen molar-refractivity contribution in [1.82, 2.24) is 0 Å². The molecule has 0 atom stereocenters. The zero-order valence-corrected chi connectivity index (χ0v) is 11.6. The molecule has 1 aromatic rings. The van der Waals surface area contributed by atoms with Gasteiger partial charge in [0.2, 0.25) is 10.0 Å². The Balaban J connectivity index is 2.76. The number of sulfonamides is 1. The number of nitrogens with one attached hydrogen (secondary N) is 1. The lowest BCUT2D eigenvalue weighted by atomic mass is 10.3. The van der Waals surface area contributed by atoms with Crippen molar-refractivity contribution in [2.75, 3.05) is 17.0 Å². The highest BCUT2D eigenvalue weighted by molar-refractivity contribution is 9.10. The molecule has 4 nitrogen and oxygen atoms in total. The second-order valence-electron chi connectivity index (χ2n) is 3.19. The minimum absolute atomic E-state index is 0.0176. The molecule has 0 amide bonds. The van der Waals surface area contributed by atoms with Gasteiger partial charge in [-0.15, -0.1) is 0 Å². The molecule has 0 unspecified atom stereocenters. The van der Waals surface area contributed by atoms with Gasteiger partial charge >= 0.3 is 0 Å². The van der Waals surface area contributed by atoms with E-state index in [-0.39, 0.29) is 5.75 Å².